The first-order valence-electron chi connectivity index (χ1n) is 12.2. The quantitative estimate of drug-likeness (QED) is 0.336. The Morgan fingerprint density at radius 2 is 1.69 bits per heavy atom. The lowest BCUT2D eigenvalue weighted by atomic mass is 10.1. The van der Waals surface area contributed by atoms with E-state index in [-0.39, 0.29) is 33.1 Å². The largest absolute Gasteiger partial charge is 0.497 e. The van der Waals surface area contributed by atoms with E-state index in [1.54, 1.807) is 56.3 Å². The Morgan fingerprint density at radius 3 is 2.33 bits per heavy atom. The standard InChI is InChI=1S/C28H31Cl2N3O5S/c1-5-31-28(35)20(3)32(17-21-8-6-9-22(16-21)38-4)26(34)18-33(25-11-7-10-24(29)27(25)30)39(36,37)23-14-12-19(2)13-15-23/h6-16,20H,5,17-18H2,1-4H3,(H,31,35)/t20-/m1/s1. The summed E-state index contributed by atoms with van der Waals surface area (Å²) in [6, 6.07) is 17.0. The van der Waals surface area contributed by atoms with Crippen molar-refractivity contribution in [2.24, 2.45) is 0 Å². The number of carbonyl (C=O) groups is 2. The number of anilines is 1. The molecule has 39 heavy (non-hydrogen) atoms. The maximum absolute atomic E-state index is 13.9. The summed E-state index contributed by atoms with van der Waals surface area (Å²) in [5.74, 6) is -0.398. The van der Waals surface area contributed by atoms with Gasteiger partial charge in [-0.1, -0.05) is 59.1 Å². The van der Waals surface area contributed by atoms with E-state index in [1.165, 1.54) is 36.3 Å². The highest BCUT2D eigenvalue weighted by Crippen LogP contribution is 2.35. The van der Waals surface area contributed by atoms with E-state index < -0.39 is 28.5 Å². The van der Waals surface area contributed by atoms with Crippen LogP contribution >= 0.6 is 23.2 Å². The highest BCUT2D eigenvalue weighted by Gasteiger charge is 2.33. The second-order valence-corrected chi connectivity index (χ2v) is 11.5. The molecule has 2 amide bonds. The molecule has 0 spiro atoms. The van der Waals surface area contributed by atoms with Crippen LogP contribution in [0.15, 0.2) is 71.6 Å². The predicted octanol–water partition coefficient (Wildman–Crippen LogP) is 5.06. The number of nitrogens with one attached hydrogen (secondary N) is 1. The smallest absolute Gasteiger partial charge is 0.264 e. The monoisotopic (exact) mass is 591 g/mol. The van der Waals surface area contributed by atoms with Gasteiger partial charge in [0.2, 0.25) is 11.8 Å². The molecule has 0 radical (unpaired) electrons. The van der Waals surface area contributed by atoms with Crippen molar-refractivity contribution in [2.45, 2.75) is 38.3 Å². The number of carbonyl (C=O) groups excluding carboxylic acids is 2. The number of methoxy groups -OCH3 is 1. The zero-order chi connectivity index (χ0) is 28.7. The zero-order valence-electron chi connectivity index (χ0n) is 22.1. The SMILES string of the molecule is CCNC(=O)[C@@H](C)N(Cc1cccc(OC)c1)C(=O)CN(c1cccc(Cl)c1Cl)S(=O)(=O)c1ccc(C)cc1. The van der Waals surface area contributed by atoms with E-state index in [4.69, 9.17) is 27.9 Å². The van der Waals surface area contributed by atoms with Gasteiger partial charge in [0, 0.05) is 13.1 Å². The third-order valence-electron chi connectivity index (χ3n) is 6.09. The molecule has 0 aromatic heterocycles. The van der Waals surface area contributed by atoms with Gasteiger partial charge in [0.15, 0.2) is 0 Å². The van der Waals surface area contributed by atoms with Crippen molar-refractivity contribution in [3.8, 4) is 5.75 Å². The van der Waals surface area contributed by atoms with Crippen LogP contribution in [0.2, 0.25) is 10.0 Å². The normalized spacial score (nSPS) is 11.9. The molecule has 0 aliphatic heterocycles. The van der Waals surface area contributed by atoms with Crippen LogP contribution in [-0.2, 0) is 26.2 Å². The summed E-state index contributed by atoms with van der Waals surface area (Å²) in [5.41, 5.74) is 1.62. The van der Waals surface area contributed by atoms with Gasteiger partial charge in [-0.25, -0.2) is 8.42 Å². The summed E-state index contributed by atoms with van der Waals surface area (Å²) in [7, 11) is -2.73. The topological polar surface area (TPSA) is 96.0 Å². The van der Waals surface area contributed by atoms with Crippen molar-refractivity contribution < 1.29 is 22.7 Å². The molecule has 0 saturated carbocycles. The Morgan fingerprint density at radius 1 is 1.03 bits per heavy atom. The van der Waals surface area contributed by atoms with E-state index in [0.29, 0.717) is 17.9 Å². The van der Waals surface area contributed by atoms with Crippen LogP contribution in [0.1, 0.15) is 25.0 Å². The van der Waals surface area contributed by atoms with Crippen LogP contribution in [-0.4, -0.2) is 51.4 Å². The first-order valence-corrected chi connectivity index (χ1v) is 14.4. The highest BCUT2D eigenvalue weighted by atomic mass is 35.5. The second kappa shape index (κ2) is 13.2. The number of amides is 2. The second-order valence-electron chi connectivity index (χ2n) is 8.84. The Bertz CT molecular complexity index is 1430. The van der Waals surface area contributed by atoms with Gasteiger partial charge in [0.1, 0.15) is 18.3 Å². The number of likely N-dealkylation sites (N-methyl/N-ethyl adjacent to an activating group) is 1. The van der Waals surface area contributed by atoms with Gasteiger partial charge in [0.25, 0.3) is 10.0 Å². The molecule has 0 saturated heterocycles. The van der Waals surface area contributed by atoms with E-state index in [2.05, 4.69) is 5.32 Å². The lowest BCUT2D eigenvalue weighted by Crippen LogP contribution is -2.51. The minimum Gasteiger partial charge on any atom is -0.497 e. The molecule has 8 nitrogen and oxygen atoms in total. The van der Waals surface area contributed by atoms with Crippen molar-refractivity contribution >= 4 is 50.7 Å². The minimum absolute atomic E-state index is 0.0150. The Balaban J connectivity index is 2.08. The summed E-state index contributed by atoms with van der Waals surface area (Å²) in [6.07, 6.45) is 0. The van der Waals surface area contributed by atoms with Crippen LogP contribution in [0.25, 0.3) is 0 Å². The predicted molar refractivity (Wildman–Crippen MR) is 154 cm³/mol. The molecular formula is C28H31Cl2N3O5S. The van der Waals surface area contributed by atoms with Crippen LogP contribution in [0.4, 0.5) is 5.69 Å². The lowest BCUT2D eigenvalue weighted by Gasteiger charge is -2.32. The van der Waals surface area contributed by atoms with Crippen molar-refractivity contribution in [3.05, 3.63) is 87.9 Å². The molecule has 11 heteroatoms. The Hall–Kier alpha value is -3.27. The summed E-state index contributed by atoms with van der Waals surface area (Å²) >= 11 is 12.7. The molecule has 0 aliphatic rings. The number of ether oxygens (including phenoxy) is 1. The van der Waals surface area contributed by atoms with Gasteiger partial charge in [-0.2, -0.15) is 0 Å². The van der Waals surface area contributed by atoms with Gasteiger partial charge in [0.05, 0.1) is 27.7 Å². The van der Waals surface area contributed by atoms with Gasteiger partial charge in [-0.15, -0.1) is 0 Å². The fourth-order valence-corrected chi connectivity index (χ4v) is 5.78. The molecule has 3 rings (SSSR count). The average molecular weight is 593 g/mol. The van der Waals surface area contributed by atoms with Gasteiger partial charge in [-0.05, 0) is 62.7 Å². The molecule has 0 aliphatic carbocycles. The summed E-state index contributed by atoms with van der Waals surface area (Å²) in [5, 5.41) is 2.84. The van der Waals surface area contributed by atoms with Crippen LogP contribution in [0, 0.1) is 6.92 Å². The highest BCUT2D eigenvalue weighted by molar-refractivity contribution is 7.92. The lowest BCUT2D eigenvalue weighted by molar-refractivity contribution is -0.139. The third-order valence-corrected chi connectivity index (χ3v) is 8.68. The number of nitrogens with zero attached hydrogens (tertiary/aromatic N) is 2. The molecule has 0 fully saturated rings. The van der Waals surface area contributed by atoms with Crippen LogP contribution < -0.4 is 14.4 Å². The molecule has 1 atom stereocenters. The molecule has 0 unspecified atom stereocenters. The van der Waals surface area contributed by atoms with Crippen LogP contribution in [0.3, 0.4) is 0 Å². The zero-order valence-corrected chi connectivity index (χ0v) is 24.5. The average Bonchev–Trinajstić information content (AvgIpc) is 2.92. The number of hydrogen-bond donors (Lipinski definition) is 1. The molecule has 0 bridgehead atoms. The number of aryl methyl sites for hydroxylation is 1. The summed E-state index contributed by atoms with van der Waals surface area (Å²) < 4.78 is 34.0. The Kier molecular flexibility index (Phi) is 10.2. The van der Waals surface area contributed by atoms with Crippen molar-refractivity contribution in [3.63, 3.8) is 0 Å². The number of rotatable bonds is 11. The molecule has 208 valence electrons. The first kappa shape index (κ1) is 30.3. The number of sulfonamides is 1. The summed E-state index contributed by atoms with van der Waals surface area (Å²) in [6.45, 7) is 4.99. The van der Waals surface area contributed by atoms with Gasteiger partial charge >= 0.3 is 0 Å². The number of benzene rings is 3. The Labute approximate surface area is 239 Å². The summed E-state index contributed by atoms with van der Waals surface area (Å²) in [4.78, 5) is 28.0. The van der Waals surface area contributed by atoms with Gasteiger partial charge < -0.3 is 15.0 Å². The van der Waals surface area contributed by atoms with Crippen molar-refractivity contribution in [1.29, 1.82) is 0 Å². The minimum atomic E-state index is -4.26. The third kappa shape index (κ3) is 7.23. The molecule has 3 aromatic carbocycles. The van der Waals surface area contributed by atoms with Crippen molar-refractivity contribution in [2.75, 3.05) is 24.5 Å². The fraction of sp³-hybridized carbons (Fsp3) is 0.286. The molecule has 3 aromatic rings. The van der Waals surface area contributed by atoms with E-state index in [1.807, 2.05) is 6.92 Å². The van der Waals surface area contributed by atoms with Crippen molar-refractivity contribution in [1.82, 2.24) is 10.2 Å². The van der Waals surface area contributed by atoms with E-state index in [9.17, 15) is 18.0 Å². The van der Waals surface area contributed by atoms with Gasteiger partial charge in [-0.3, -0.25) is 13.9 Å². The maximum atomic E-state index is 13.9. The van der Waals surface area contributed by atoms with Crippen LogP contribution in [0.5, 0.6) is 5.75 Å². The molecular weight excluding hydrogens is 561 g/mol. The van der Waals surface area contributed by atoms with E-state index >= 15 is 0 Å². The molecule has 1 N–H and O–H groups in total. The first-order chi connectivity index (χ1) is 18.5. The number of hydrogen-bond acceptors (Lipinski definition) is 5. The number of halogens is 2. The van der Waals surface area contributed by atoms with E-state index in [0.717, 1.165) is 9.87 Å². The fourth-order valence-electron chi connectivity index (χ4n) is 3.91. The maximum Gasteiger partial charge on any atom is 0.264 e. The molecule has 0 heterocycles.